The number of amides is 1. The van der Waals surface area contributed by atoms with Crippen molar-refractivity contribution in [3.8, 4) is 5.75 Å². The molecular formula is C19H23N3O3. The number of aryl methyl sites for hydroxylation is 1. The minimum Gasteiger partial charge on any atom is -0.494 e. The molecule has 1 aliphatic carbocycles. The molecule has 1 N–H and O–H groups in total. The fourth-order valence-corrected chi connectivity index (χ4v) is 3.06. The van der Waals surface area contributed by atoms with Gasteiger partial charge >= 0.3 is 0 Å². The summed E-state index contributed by atoms with van der Waals surface area (Å²) >= 11 is 0. The highest BCUT2D eigenvalue weighted by atomic mass is 16.5. The number of rotatable bonds is 5. The summed E-state index contributed by atoms with van der Waals surface area (Å²) in [7, 11) is 0. The Morgan fingerprint density at radius 1 is 1.36 bits per heavy atom. The lowest BCUT2D eigenvalue weighted by atomic mass is 9.88. The predicted octanol–water partition coefficient (Wildman–Crippen LogP) is 2.41. The molecule has 2 aromatic rings. The number of carbonyl (C=O) groups excluding carboxylic acids is 1. The predicted molar refractivity (Wildman–Crippen MR) is 95.9 cm³/mol. The van der Waals surface area contributed by atoms with Crippen molar-refractivity contribution in [2.24, 2.45) is 5.92 Å². The molecule has 0 fully saturated rings. The lowest BCUT2D eigenvalue weighted by Crippen LogP contribution is -2.32. The number of nitrogens with zero attached hydrogens (tertiary/aromatic N) is 2. The van der Waals surface area contributed by atoms with Crippen LogP contribution in [0.4, 0.5) is 5.69 Å². The van der Waals surface area contributed by atoms with Crippen LogP contribution in [0.2, 0.25) is 0 Å². The van der Waals surface area contributed by atoms with E-state index in [1.54, 1.807) is 30.3 Å². The van der Waals surface area contributed by atoms with Crippen molar-refractivity contribution >= 4 is 11.6 Å². The van der Waals surface area contributed by atoms with Gasteiger partial charge in [0.25, 0.3) is 5.56 Å². The van der Waals surface area contributed by atoms with Gasteiger partial charge in [-0.3, -0.25) is 9.59 Å². The van der Waals surface area contributed by atoms with Crippen LogP contribution >= 0.6 is 0 Å². The largest absolute Gasteiger partial charge is 0.494 e. The van der Waals surface area contributed by atoms with Crippen LogP contribution in [0.25, 0.3) is 0 Å². The van der Waals surface area contributed by atoms with E-state index in [2.05, 4.69) is 17.3 Å². The first kappa shape index (κ1) is 17.2. The lowest BCUT2D eigenvalue weighted by Gasteiger charge is -2.20. The van der Waals surface area contributed by atoms with Gasteiger partial charge in [0.05, 0.1) is 12.3 Å². The highest BCUT2D eigenvalue weighted by molar-refractivity contribution is 5.90. The van der Waals surface area contributed by atoms with Gasteiger partial charge in [-0.1, -0.05) is 6.92 Å². The first-order valence-corrected chi connectivity index (χ1v) is 8.67. The Hall–Kier alpha value is -2.63. The summed E-state index contributed by atoms with van der Waals surface area (Å²) in [6.45, 7) is 4.60. The molecule has 6 nitrogen and oxygen atoms in total. The molecule has 0 saturated heterocycles. The fraction of sp³-hybridized carbons (Fsp3) is 0.421. The molecule has 1 unspecified atom stereocenters. The fourth-order valence-electron chi connectivity index (χ4n) is 3.06. The van der Waals surface area contributed by atoms with Crippen molar-refractivity contribution in [1.29, 1.82) is 0 Å². The van der Waals surface area contributed by atoms with E-state index in [0.29, 0.717) is 18.2 Å². The smallest absolute Gasteiger partial charge is 0.267 e. The third-order valence-corrected chi connectivity index (χ3v) is 4.35. The van der Waals surface area contributed by atoms with Crippen LogP contribution in [0.1, 0.15) is 31.5 Å². The number of benzene rings is 1. The summed E-state index contributed by atoms with van der Waals surface area (Å²) in [6, 6.07) is 8.76. The molecule has 1 atom stereocenters. The first-order chi connectivity index (χ1) is 12.0. The van der Waals surface area contributed by atoms with Crippen LogP contribution in [-0.2, 0) is 24.2 Å². The first-order valence-electron chi connectivity index (χ1n) is 8.67. The van der Waals surface area contributed by atoms with Crippen molar-refractivity contribution < 1.29 is 9.53 Å². The number of fused-ring (bicyclic) bond motifs is 1. The summed E-state index contributed by atoms with van der Waals surface area (Å²) in [5.74, 6) is 1.05. The molecular weight excluding hydrogens is 318 g/mol. The van der Waals surface area contributed by atoms with Crippen molar-refractivity contribution in [1.82, 2.24) is 9.78 Å². The molecule has 1 heterocycles. The lowest BCUT2D eigenvalue weighted by molar-refractivity contribution is -0.117. The summed E-state index contributed by atoms with van der Waals surface area (Å²) in [6.07, 6.45) is 2.81. The average molecular weight is 341 g/mol. The van der Waals surface area contributed by atoms with E-state index < -0.39 is 0 Å². The maximum absolute atomic E-state index is 12.2. The standard InChI is InChI=1S/C19H23N3O3/c1-3-25-16-7-5-15(6-8-16)20-18(23)12-22-19(24)11-14-10-13(2)4-9-17(14)21-22/h5-8,11,13H,3-4,9-10,12H2,1-2H3,(H,20,23). The number of hydrogen-bond donors (Lipinski definition) is 1. The minimum atomic E-state index is -0.275. The number of hydrogen-bond acceptors (Lipinski definition) is 4. The number of carbonyl (C=O) groups is 1. The molecule has 0 aliphatic heterocycles. The second-order valence-electron chi connectivity index (χ2n) is 6.47. The Balaban J connectivity index is 1.67. The quantitative estimate of drug-likeness (QED) is 0.906. The maximum Gasteiger partial charge on any atom is 0.267 e. The highest BCUT2D eigenvalue weighted by Crippen LogP contribution is 2.22. The summed E-state index contributed by atoms with van der Waals surface area (Å²) in [4.78, 5) is 24.4. The van der Waals surface area contributed by atoms with Gasteiger partial charge in [0.15, 0.2) is 0 Å². The second-order valence-corrected chi connectivity index (χ2v) is 6.47. The van der Waals surface area contributed by atoms with Crippen molar-refractivity contribution in [3.63, 3.8) is 0 Å². The number of anilines is 1. The summed E-state index contributed by atoms with van der Waals surface area (Å²) in [5, 5.41) is 7.17. The van der Waals surface area contributed by atoms with Crippen LogP contribution in [0.5, 0.6) is 5.75 Å². The Labute approximate surface area is 146 Å². The molecule has 25 heavy (non-hydrogen) atoms. The van der Waals surface area contributed by atoms with E-state index in [-0.39, 0.29) is 18.0 Å². The van der Waals surface area contributed by atoms with Crippen molar-refractivity contribution in [2.75, 3.05) is 11.9 Å². The SMILES string of the molecule is CCOc1ccc(NC(=O)Cn2nc3c(cc2=O)CC(C)CC3)cc1. The van der Waals surface area contributed by atoms with Gasteiger partial charge in [0.1, 0.15) is 12.3 Å². The van der Waals surface area contributed by atoms with Gasteiger partial charge in [0.2, 0.25) is 5.91 Å². The molecule has 0 radical (unpaired) electrons. The zero-order valence-corrected chi connectivity index (χ0v) is 14.6. The van der Waals surface area contributed by atoms with Crippen LogP contribution in [0, 0.1) is 5.92 Å². The zero-order valence-electron chi connectivity index (χ0n) is 14.6. The molecule has 6 heteroatoms. The maximum atomic E-state index is 12.2. The molecule has 3 rings (SSSR count). The Bertz CT molecular complexity index is 812. The number of nitrogens with one attached hydrogen (secondary N) is 1. The molecule has 0 saturated carbocycles. The molecule has 1 aromatic heterocycles. The van der Waals surface area contributed by atoms with E-state index >= 15 is 0 Å². The molecule has 1 aliphatic rings. The third-order valence-electron chi connectivity index (χ3n) is 4.35. The van der Waals surface area contributed by atoms with Crippen molar-refractivity contribution in [2.45, 2.75) is 39.7 Å². The van der Waals surface area contributed by atoms with Gasteiger partial charge in [-0.15, -0.1) is 0 Å². The minimum absolute atomic E-state index is 0.0884. The number of aromatic nitrogens is 2. The third kappa shape index (κ3) is 4.26. The van der Waals surface area contributed by atoms with E-state index in [1.165, 1.54) is 4.68 Å². The summed E-state index contributed by atoms with van der Waals surface area (Å²) in [5.41, 5.74) is 2.39. The second kappa shape index (κ2) is 7.51. The Kier molecular flexibility index (Phi) is 5.16. The van der Waals surface area contributed by atoms with E-state index in [9.17, 15) is 9.59 Å². The molecule has 132 valence electrons. The van der Waals surface area contributed by atoms with Gasteiger partial charge in [-0.05, 0) is 61.9 Å². The molecule has 0 bridgehead atoms. The van der Waals surface area contributed by atoms with Crippen molar-refractivity contribution in [3.05, 3.63) is 51.9 Å². The summed E-state index contributed by atoms with van der Waals surface area (Å²) < 4.78 is 6.62. The van der Waals surface area contributed by atoms with Crippen LogP contribution in [-0.4, -0.2) is 22.3 Å². The monoisotopic (exact) mass is 341 g/mol. The topological polar surface area (TPSA) is 73.2 Å². The van der Waals surface area contributed by atoms with E-state index in [4.69, 9.17) is 4.74 Å². The highest BCUT2D eigenvalue weighted by Gasteiger charge is 2.18. The van der Waals surface area contributed by atoms with E-state index in [1.807, 2.05) is 6.92 Å². The van der Waals surface area contributed by atoms with Crippen LogP contribution in [0.3, 0.4) is 0 Å². The molecule has 1 amide bonds. The van der Waals surface area contributed by atoms with Gasteiger partial charge < -0.3 is 10.1 Å². The average Bonchev–Trinajstić information content (AvgIpc) is 2.58. The zero-order chi connectivity index (χ0) is 17.8. The Morgan fingerprint density at radius 2 is 2.12 bits per heavy atom. The van der Waals surface area contributed by atoms with E-state index in [0.717, 1.165) is 36.3 Å². The van der Waals surface area contributed by atoms with Gasteiger partial charge in [-0.25, -0.2) is 4.68 Å². The van der Waals surface area contributed by atoms with Crippen LogP contribution < -0.4 is 15.6 Å². The normalized spacial score (nSPS) is 16.2. The number of ether oxygens (including phenoxy) is 1. The molecule has 0 spiro atoms. The molecule has 1 aromatic carbocycles. The van der Waals surface area contributed by atoms with Crippen LogP contribution in [0.15, 0.2) is 35.1 Å². The Morgan fingerprint density at radius 3 is 2.84 bits per heavy atom. The van der Waals surface area contributed by atoms with Gasteiger partial charge in [-0.2, -0.15) is 5.10 Å². The van der Waals surface area contributed by atoms with Gasteiger partial charge in [0, 0.05) is 11.8 Å².